The fraction of sp³-hybridized carbons (Fsp3) is 0.375. The minimum absolute atomic E-state index is 0.465. The molecule has 0 spiro atoms. The number of benzene rings is 1. The van der Waals surface area contributed by atoms with Gasteiger partial charge < -0.3 is 10.1 Å². The zero-order chi connectivity index (χ0) is 14.4. The lowest BCUT2D eigenvalue weighted by molar-refractivity contribution is 0.317. The molecule has 0 aliphatic rings. The van der Waals surface area contributed by atoms with Crippen molar-refractivity contribution in [1.82, 2.24) is 5.32 Å². The molecule has 0 aliphatic carbocycles. The Balaban J connectivity index is 1.95. The maximum Gasteiger partial charge on any atom is 0.123 e. The number of hydrogen-bond acceptors (Lipinski definition) is 3. The Morgan fingerprint density at radius 2 is 2.15 bits per heavy atom. The molecule has 0 unspecified atom stereocenters. The lowest BCUT2D eigenvalue weighted by Gasteiger charge is -2.14. The van der Waals surface area contributed by atoms with E-state index in [-0.39, 0.29) is 0 Å². The number of rotatable bonds is 7. The van der Waals surface area contributed by atoms with Crippen molar-refractivity contribution in [2.75, 3.05) is 6.61 Å². The van der Waals surface area contributed by atoms with Crippen LogP contribution in [0.1, 0.15) is 25.0 Å². The summed E-state index contributed by atoms with van der Waals surface area (Å²) in [5.41, 5.74) is 2.53. The Morgan fingerprint density at radius 1 is 1.30 bits per heavy atom. The van der Waals surface area contributed by atoms with Crippen molar-refractivity contribution >= 4 is 27.3 Å². The Kier molecular flexibility index (Phi) is 6.07. The fourth-order valence-electron chi connectivity index (χ4n) is 1.85. The van der Waals surface area contributed by atoms with Gasteiger partial charge in [-0.25, -0.2) is 0 Å². The molecule has 1 aromatic heterocycles. The zero-order valence-corrected chi connectivity index (χ0v) is 14.3. The van der Waals surface area contributed by atoms with Gasteiger partial charge in [0.25, 0.3) is 0 Å². The smallest absolute Gasteiger partial charge is 0.123 e. The molecule has 2 nitrogen and oxygen atoms in total. The Morgan fingerprint density at radius 3 is 2.85 bits per heavy atom. The number of nitrogens with one attached hydrogen (secondary N) is 1. The summed E-state index contributed by atoms with van der Waals surface area (Å²) in [6.07, 6.45) is 0.955. The van der Waals surface area contributed by atoms with Gasteiger partial charge in [0.1, 0.15) is 5.75 Å². The third-order valence-corrected chi connectivity index (χ3v) is 4.18. The zero-order valence-electron chi connectivity index (χ0n) is 11.9. The van der Waals surface area contributed by atoms with E-state index in [0.29, 0.717) is 12.6 Å². The Bertz CT molecular complexity index is 525. The van der Waals surface area contributed by atoms with Gasteiger partial charge in [0.05, 0.1) is 6.61 Å². The van der Waals surface area contributed by atoms with Gasteiger partial charge in [0.15, 0.2) is 0 Å². The van der Waals surface area contributed by atoms with Crippen LogP contribution in [0.2, 0.25) is 0 Å². The average molecular weight is 354 g/mol. The number of thiophene rings is 1. The molecule has 0 bridgehead atoms. The van der Waals surface area contributed by atoms with Crippen molar-refractivity contribution in [3.8, 4) is 5.75 Å². The summed E-state index contributed by atoms with van der Waals surface area (Å²) in [4.78, 5) is 0. The fourth-order valence-corrected chi connectivity index (χ4v) is 2.97. The molecule has 0 radical (unpaired) electrons. The lowest BCUT2D eigenvalue weighted by atomic mass is 10.2. The van der Waals surface area contributed by atoms with Crippen LogP contribution in [0, 0.1) is 0 Å². The van der Waals surface area contributed by atoms with Crippen LogP contribution < -0.4 is 10.1 Å². The quantitative estimate of drug-likeness (QED) is 0.783. The summed E-state index contributed by atoms with van der Waals surface area (Å²) in [5.74, 6) is 0.969. The molecular weight excluding hydrogens is 334 g/mol. The summed E-state index contributed by atoms with van der Waals surface area (Å²) in [7, 11) is 0. The van der Waals surface area contributed by atoms with Crippen LogP contribution in [0.15, 0.2) is 39.5 Å². The molecule has 0 aliphatic heterocycles. The first-order valence-electron chi connectivity index (χ1n) is 6.81. The van der Waals surface area contributed by atoms with Crippen LogP contribution in [0.5, 0.6) is 5.75 Å². The Labute approximate surface area is 133 Å². The third kappa shape index (κ3) is 4.93. The standard InChI is InChI=1S/C16H20BrNOS/c1-12(2)18-10-14-9-15(17)3-4-16(14)19-7-5-13-6-8-20-11-13/h3-4,6,8-9,11-12,18H,5,7,10H2,1-2H3. The van der Waals surface area contributed by atoms with Gasteiger partial charge in [-0.1, -0.05) is 29.8 Å². The maximum absolute atomic E-state index is 5.94. The molecule has 1 aromatic carbocycles. The van der Waals surface area contributed by atoms with Crippen molar-refractivity contribution in [2.45, 2.75) is 32.9 Å². The van der Waals surface area contributed by atoms with Crippen molar-refractivity contribution in [3.05, 3.63) is 50.6 Å². The molecule has 0 atom stereocenters. The van der Waals surface area contributed by atoms with Gasteiger partial charge in [0, 0.05) is 29.0 Å². The first-order valence-corrected chi connectivity index (χ1v) is 8.54. The molecule has 1 heterocycles. The highest BCUT2D eigenvalue weighted by Crippen LogP contribution is 2.23. The molecule has 1 N–H and O–H groups in total. The van der Waals surface area contributed by atoms with Gasteiger partial charge >= 0.3 is 0 Å². The topological polar surface area (TPSA) is 21.3 Å². The summed E-state index contributed by atoms with van der Waals surface area (Å²) >= 11 is 5.25. The minimum atomic E-state index is 0.465. The molecule has 20 heavy (non-hydrogen) atoms. The second kappa shape index (κ2) is 7.81. The van der Waals surface area contributed by atoms with E-state index in [1.807, 2.05) is 12.1 Å². The van der Waals surface area contributed by atoms with E-state index >= 15 is 0 Å². The number of ether oxygens (including phenoxy) is 1. The van der Waals surface area contributed by atoms with Gasteiger partial charge in [-0.2, -0.15) is 11.3 Å². The van der Waals surface area contributed by atoms with E-state index < -0.39 is 0 Å². The third-order valence-electron chi connectivity index (χ3n) is 2.95. The first kappa shape index (κ1) is 15.5. The molecule has 2 aromatic rings. The predicted octanol–water partition coefficient (Wildman–Crippen LogP) is 4.63. The summed E-state index contributed by atoms with van der Waals surface area (Å²) < 4.78 is 7.03. The van der Waals surface area contributed by atoms with Crippen molar-refractivity contribution in [1.29, 1.82) is 0 Å². The number of hydrogen-bond donors (Lipinski definition) is 1. The minimum Gasteiger partial charge on any atom is -0.493 e. The van der Waals surface area contributed by atoms with Crippen molar-refractivity contribution < 1.29 is 4.74 Å². The molecule has 0 fully saturated rings. The summed E-state index contributed by atoms with van der Waals surface area (Å²) in [6.45, 7) is 5.84. The van der Waals surface area contributed by atoms with Crippen molar-refractivity contribution in [2.24, 2.45) is 0 Å². The molecule has 0 saturated heterocycles. The van der Waals surface area contributed by atoms with Gasteiger partial charge in [0.2, 0.25) is 0 Å². The van der Waals surface area contributed by atoms with Gasteiger partial charge in [-0.3, -0.25) is 0 Å². The highest BCUT2D eigenvalue weighted by molar-refractivity contribution is 9.10. The highest BCUT2D eigenvalue weighted by Gasteiger charge is 2.06. The van der Waals surface area contributed by atoms with E-state index in [2.05, 4.69) is 58.0 Å². The van der Waals surface area contributed by atoms with Crippen LogP contribution in [0.3, 0.4) is 0 Å². The SMILES string of the molecule is CC(C)NCc1cc(Br)ccc1OCCc1ccsc1. The second-order valence-electron chi connectivity index (χ2n) is 5.02. The van der Waals surface area contributed by atoms with Crippen molar-refractivity contribution in [3.63, 3.8) is 0 Å². The monoisotopic (exact) mass is 353 g/mol. The molecule has 0 amide bonds. The molecule has 2 rings (SSSR count). The lowest BCUT2D eigenvalue weighted by Crippen LogP contribution is -2.22. The number of halogens is 1. The van der Waals surface area contributed by atoms with Crippen LogP contribution in [-0.2, 0) is 13.0 Å². The molecule has 0 saturated carbocycles. The summed E-state index contributed by atoms with van der Waals surface area (Å²) in [5, 5.41) is 7.71. The van der Waals surface area contributed by atoms with E-state index in [0.717, 1.165) is 23.2 Å². The van der Waals surface area contributed by atoms with E-state index in [1.165, 1.54) is 11.1 Å². The average Bonchev–Trinajstić information content (AvgIpc) is 2.91. The van der Waals surface area contributed by atoms with Gasteiger partial charge in [-0.05, 0) is 40.6 Å². The molecule has 108 valence electrons. The van der Waals surface area contributed by atoms with Crippen LogP contribution in [-0.4, -0.2) is 12.6 Å². The molecular formula is C16H20BrNOS. The second-order valence-corrected chi connectivity index (χ2v) is 6.71. The van der Waals surface area contributed by atoms with E-state index in [1.54, 1.807) is 11.3 Å². The van der Waals surface area contributed by atoms with Crippen LogP contribution in [0.4, 0.5) is 0 Å². The first-order chi connectivity index (χ1) is 9.65. The largest absolute Gasteiger partial charge is 0.493 e. The highest BCUT2D eigenvalue weighted by atomic mass is 79.9. The molecule has 4 heteroatoms. The van der Waals surface area contributed by atoms with Gasteiger partial charge in [-0.15, -0.1) is 0 Å². The Hall–Kier alpha value is -0.840. The predicted molar refractivity (Wildman–Crippen MR) is 89.6 cm³/mol. The van der Waals surface area contributed by atoms with E-state index in [9.17, 15) is 0 Å². The normalized spacial score (nSPS) is 11.0. The van der Waals surface area contributed by atoms with E-state index in [4.69, 9.17) is 4.74 Å². The maximum atomic E-state index is 5.94. The van der Waals surface area contributed by atoms with Crippen LogP contribution in [0.25, 0.3) is 0 Å². The van der Waals surface area contributed by atoms with Crippen LogP contribution >= 0.6 is 27.3 Å². The summed E-state index contributed by atoms with van der Waals surface area (Å²) in [6, 6.07) is 8.80.